The number of piperidine rings is 1. The van der Waals surface area contributed by atoms with Crippen molar-refractivity contribution in [2.75, 3.05) is 18.8 Å². The number of fused-ring (bicyclic) bond motifs is 1. The third-order valence-corrected chi connectivity index (χ3v) is 6.07. The van der Waals surface area contributed by atoms with Crippen LogP contribution in [-0.4, -0.2) is 42.0 Å². The molecule has 1 aliphatic heterocycles. The van der Waals surface area contributed by atoms with E-state index in [1.54, 1.807) is 18.2 Å². The van der Waals surface area contributed by atoms with Crippen LogP contribution >= 0.6 is 0 Å². The van der Waals surface area contributed by atoms with E-state index in [-0.39, 0.29) is 17.4 Å². The molecule has 0 saturated carbocycles. The van der Waals surface area contributed by atoms with Gasteiger partial charge in [0.25, 0.3) is 0 Å². The Hall–Kier alpha value is -1.57. The zero-order valence-electron chi connectivity index (χ0n) is 11.8. The highest BCUT2D eigenvalue weighted by atomic mass is 32.2. The van der Waals surface area contributed by atoms with Gasteiger partial charge in [0.1, 0.15) is 4.90 Å². The largest absolute Gasteiger partial charge is 0.399 e. The van der Waals surface area contributed by atoms with Crippen LogP contribution in [0.3, 0.4) is 0 Å². The molecule has 1 fully saturated rings. The number of aromatic amines is 1. The van der Waals surface area contributed by atoms with Gasteiger partial charge < -0.3 is 15.8 Å². The van der Waals surface area contributed by atoms with Crippen LogP contribution in [-0.2, 0) is 10.0 Å². The van der Waals surface area contributed by atoms with Crippen molar-refractivity contribution < 1.29 is 13.5 Å². The molecule has 21 heavy (non-hydrogen) atoms. The maximum Gasteiger partial charge on any atom is 0.245 e. The summed E-state index contributed by atoms with van der Waals surface area (Å²) in [5.41, 5.74) is 6.98. The first-order chi connectivity index (χ1) is 9.89. The zero-order valence-corrected chi connectivity index (χ0v) is 12.6. The van der Waals surface area contributed by atoms with Crippen molar-refractivity contribution in [3.8, 4) is 0 Å². The van der Waals surface area contributed by atoms with Crippen LogP contribution in [0.25, 0.3) is 10.9 Å². The van der Waals surface area contributed by atoms with Gasteiger partial charge in [0.05, 0.1) is 6.10 Å². The summed E-state index contributed by atoms with van der Waals surface area (Å²) in [7, 11) is -3.61. The first-order valence-corrected chi connectivity index (χ1v) is 8.38. The second-order valence-electron chi connectivity index (χ2n) is 5.65. The summed E-state index contributed by atoms with van der Waals surface area (Å²) < 4.78 is 26.9. The first-order valence-electron chi connectivity index (χ1n) is 6.94. The lowest BCUT2D eigenvalue weighted by Crippen LogP contribution is -2.45. The van der Waals surface area contributed by atoms with Crippen LogP contribution in [0.1, 0.15) is 13.3 Å². The van der Waals surface area contributed by atoms with E-state index < -0.39 is 16.1 Å². The van der Waals surface area contributed by atoms with E-state index in [0.717, 1.165) is 0 Å². The van der Waals surface area contributed by atoms with E-state index in [1.807, 2.05) is 6.92 Å². The second-order valence-corrected chi connectivity index (χ2v) is 7.56. The molecule has 0 radical (unpaired) electrons. The molecule has 3 rings (SSSR count). The van der Waals surface area contributed by atoms with E-state index in [2.05, 4.69) is 4.98 Å². The molecule has 1 aromatic heterocycles. The summed E-state index contributed by atoms with van der Waals surface area (Å²) in [4.78, 5) is 3.18. The standard InChI is InChI=1S/C14H19N3O3S/c1-9-4-5-17(8-13(9)18)21(19,20)14-7-16-12-6-10(15)2-3-11(12)14/h2-3,6-7,9,13,16,18H,4-5,8,15H2,1H3. The Kier molecular flexibility index (Phi) is 3.43. The predicted molar refractivity (Wildman–Crippen MR) is 81.3 cm³/mol. The van der Waals surface area contributed by atoms with Crippen LogP contribution in [0, 0.1) is 5.92 Å². The van der Waals surface area contributed by atoms with E-state index in [4.69, 9.17) is 5.73 Å². The normalized spacial score (nSPS) is 24.5. The van der Waals surface area contributed by atoms with Gasteiger partial charge in [-0.05, 0) is 30.5 Å². The summed E-state index contributed by atoms with van der Waals surface area (Å²) >= 11 is 0. The fraction of sp³-hybridized carbons (Fsp3) is 0.429. The number of H-pyrrole nitrogens is 1. The molecule has 4 N–H and O–H groups in total. The van der Waals surface area contributed by atoms with Crippen LogP contribution in [0.5, 0.6) is 0 Å². The Labute approximate surface area is 123 Å². The highest BCUT2D eigenvalue weighted by molar-refractivity contribution is 7.89. The van der Waals surface area contributed by atoms with Gasteiger partial charge in [-0.1, -0.05) is 6.92 Å². The number of aliphatic hydroxyl groups excluding tert-OH is 1. The SMILES string of the molecule is CC1CCN(S(=O)(=O)c2c[nH]c3cc(N)ccc23)CC1O. The van der Waals surface area contributed by atoms with E-state index in [0.29, 0.717) is 29.6 Å². The summed E-state index contributed by atoms with van der Waals surface area (Å²) in [6.45, 7) is 2.51. The molecule has 2 unspecified atom stereocenters. The molecule has 2 heterocycles. The van der Waals surface area contributed by atoms with Crippen molar-refractivity contribution >= 4 is 26.6 Å². The van der Waals surface area contributed by atoms with Gasteiger partial charge in [-0.25, -0.2) is 8.42 Å². The third-order valence-electron chi connectivity index (χ3n) is 4.17. The molecule has 0 spiro atoms. The molecule has 0 bridgehead atoms. The highest BCUT2D eigenvalue weighted by Crippen LogP contribution is 2.29. The van der Waals surface area contributed by atoms with Gasteiger partial charge >= 0.3 is 0 Å². The number of benzene rings is 1. The quantitative estimate of drug-likeness (QED) is 0.724. The minimum Gasteiger partial charge on any atom is -0.399 e. The number of aliphatic hydroxyl groups is 1. The van der Waals surface area contributed by atoms with Crippen molar-refractivity contribution in [2.45, 2.75) is 24.3 Å². The van der Waals surface area contributed by atoms with Crippen molar-refractivity contribution in [3.05, 3.63) is 24.4 Å². The number of aromatic nitrogens is 1. The highest BCUT2D eigenvalue weighted by Gasteiger charge is 2.34. The van der Waals surface area contributed by atoms with E-state index in [9.17, 15) is 13.5 Å². The second kappa shape index (κ2) is 5.01. The van der Waals surface area contributed by atoms with Gasteiger partial charge in [-0.3, -0.25) is 0 Å². The number of nitrogens with one attached hydrogen (secondary N) is 1. The Morgan fingerprint density at radius 1 is 1.43 bits per heavy atom. The lowest BCUT2D eigenvalue weighted by atomic mass is 9.98. The molecule has 7 heteroatoms. The number of β-amino-alcohol motifs (C(OH)–C–C–N with tert-alkyl or cyclic N) is 1. The Balaban J connectivity index is 2.01. The number of anilines is 1. The number of hydrogen-bond acceptors (Lipinski definition) is 4. The monoisotopic (exact) mass is 309 g/mol. The molecule has 2 atom stereocenters. The fourth-order valence-electron chi connectivity index (χ4n) is 2.71. The minimum atomic E-state index is -3.61. The van der Waals surface area contributed by atoms with Gasteiger partial charge in [0.15, 0.2) is 0 Å². The van der Waals surface area contributed by atoms with Crippen molar-refractivity contribution in [1.29, 1.82) is 0 Å². The smallest absolute Gasteiger partial charge is 0.245 e. The summed E-state index contributed by atoms with van der Waals surface area (Å²) in [6.07, 6.45) is 1.54. The summed E-state index contributed by atoms with van der Waals surface area (Å²) in [5, 5.41) is 10.6. The van der Waals surface area contributed by atoms with E-state index in [1.165, 1.54) is 10.5 Å². The molecule has 1 saturated heterocycles. The molecule has 2 aromatic rings. The number of sulfonamides is 1. The van der Waals surface area contributed by atoms with Gasteiger partial charge in [0.2, 0.25) is 10.0 Å². The average Bonchev–Trinajstić information content (AvgIpc) is 2.85. The Morgan fingerprint density at radius 3 is 2.90 bits per heavy atom. The summed E-state index contributed by atoms with van der Waals surface area (Å²) in [6, 6.07) is 5.10. The van der Waals surface area contributed by atoms with Crippen molar-refractivity contribution in [2.24, 2.45) is 5.92 Å². The van der Waals surface area contributed by atoms with E-state index >= 15 is 0 Å². The van der Waals surface area contributed by atoms with Gasteiger partial charge in [0, 0.05) is 35.9 Å². The average molecular weight is 309 g/mol. The predicted octanol–water partition coefficient (Wildman–Crippen LogP) is 1.14. The van der Waals surface area contributed by atoms with Crippen LogP contribution in [0.15, 0.2) is 29.3 Å². The molecule has 114 valence electrons. The third kappa shape index (κ3) is 2.41. The molecular formula is C14H19N3O3S. The Morgan fingerprint density at radius 2 is 2.19 bits per heavy atom. The van der Waals surface area contributed by atoms with Crippen LogP contribution < -0.4 is 5.73 Å². The lowest BCUT2D eigenvalue weighted by molar-refractivity contribution is 0.0605. The lowest BCUT2D eigenvalue weighted by Gasteiger charge is -2.33. The minimum absolute atomic E-state index is 0.124. The number of rotatable bonds is 2. The number of nitrogens with zero attached hydrogens (tertiary/aromatic N) is 1. The zero-order chi connectivity index (χ0) is 15.2. The number of nitrogen functional groups attached to an aromatic ring is 1. The van der Waals surface area contributed by atoms with Crippen LogP contribution in [0.2, 0.25) is 0 Å². The maximum atomic E-state index is 12.8. The van der Waals surface area contributed by atoms with Crippen molar-refractivity contribution in [1.82, 2.24) is 9.29 Å². The maximum absolute atomic E-state index is 12.8. The first kappa shape index (κ1) is 14.4. The number of hydrogen-bond donors (Lipinski definition) is 3. The molecular weight excluding hydrogens is 290 g/mol. The van der Waals surface area contributed by atoms with Gasteiger partial charge in [-0.15, -0.1) is 0 Å². The topological polar surface area (TPSA) is 99.4 Å². The van der Waals surface area contributed by atoms with Crippen molar-refractivity contribution in [3.63, 3.8) is 0 Å². The summed E-state index contributed by atoms with van der Waals surface area (Å²) in [5.74, 6) is 0.124. The Bertz CT molecular complexity index is 769. The number of nitrogens with two attached hydrogens (primary N) is 1. The van der Waals surface area contributed by atoms with Crippen LogP contribution in [0.4, 0.5) is 5.69 Å². The van der Waals surface area contributed by atoms with Gasteiger partial charge in [-0.2, -0.15) is 4.31 Å². The molecule has 1 aromatic carbocycles. The molecule has 1 aliphatic rings. The molecule has 6 nitrogen and oxygen atoms in total. The molecule has 0 amide bonds. The molecule has 0 aliphatic carbocycles. The fourth-order valence-corrected chi connectivity index (χ4v) is 4.34.